The zero-order chi connectivity index (χ0) is 17.8. The molecule has 0 unspecified atom stereocenters. The van der Waals surface area contributed by atoms with Gasteiger partial charge in [0.05, 0.1) is 4.90 Å². The fraction of sp³-hybridized carbons (Fsp3) is 0. The molecule has 2 aromatic rings. The van der Waals surface area contributed by atoms with Crippen molar-refractivity contribution in [1.82, 2.24) is 0 Å². The van der Waals surface area contributed by atoms with Gasteiger partial charge in [0, 0.05) is 5.39 Å². The van der Waals surface area contributed by atoms with Crippen LogP contribution in [-0.4, -0.2) is 44.0 Å². The van der Waals surface area contributed by atoms with E-state index in [9.17, 15) is 30.4 Å². The molecule has 0 atom stereocenters. The van der Waals surface area contributed by atoms with E-state index >= 15 is 0 Å². The molecule has 0 aliphatic carbocycles. The fourth-order valence-electron chi connectivity index (χ4n) is 1.91. The molecular weight excluding hydrogens is 376 g/mol. The van der Waals surface area contributed by atoms with Crippen LogP contribution in [0.1, 0.15) is 0 Å². The van der Waals surface area contributed by atoms with Crippen molar-refractivity contribution in [3.8, 4) is 5.75 Å². The Hall–Kier alpha value is -1.77. The molecule has 2 aromatic carbocycles. The van der Waals surface area contributed by atoms with Gasteiger partial charge in [-0.3, -0.25) is 13.7 Å². The summed E-state index contributed by atoms with van der Waals surface area (Å²) in [6.45, 7) is 0. The summed E-state index contributed by atoms with van der Waals surface area (Å²) in [7, 11) is -15.1. The number of rotatable bonds is 3. The topological polar surface area (TPSA) is 183 Å². The van der Waals surface area contributed by atoms with E-state index in [1.807, 2.05) is 0 Å². The Bertz CT molecular complexity index is 1130. The van der Waals surface area contributed by atoms with Gasteiger partial charge in [0.25, 0.3) is 30.4 Å². The first-order valence-electron chi connectivity index (χ1n) is 5.45. The third-order valence-corrected chi connectivity index (χ3v) is 5.62. The van der Waals surface area contributed by atoms with Crippen LogP contribution in [0.4, 0.5) is 0 Å². The first-order chi connectivity index (χ1) is 10.2. The van der Waals surface area contributed by atoms with Crippen molar-refractivity contribution in [2.24, 2.45) is 0 Å². The lowest BCUT2D eigenvalue weighted by Gasteiger charge is -2.11. The summed E-state index contributed by atoms with van der Waals surface area (Å²) in [5.41, 5.74) is 0. The Labute approximate surface area is 130 Å². The number of benzene rings is 2. The monoisotopic (exact) mass is 384 g/mol. The maximum Gasteiger partial charge on any atom is 0.299 e. The Kier molecular flexibility index (Phi) is 3.91. The summed E-state index contributed by atoms with van der Waals surface area (Å²) in [4.78, 5) is -3.51. The largest absolute Gasteiger partial charge is 0.506 e. The quantitative estimate of drug-likeness (QED) is 0.536. The lowest BCUT2D eigenvalue weighted by molar-refractivity contribution is 0.435. The van der Waals surface area contributed by atoms with Gasteiger partial charge in [-0.05, 0) is 23.6 Å². The predicted octanol–water partition coefficient (Wildman–Crippen LogP) is 0.286. The summed E-state index contributed by atoms with van der Waals surface area (Å²) >= 11 is 0. The van der Waals surface area contributed by atoms with Gasteiger partial charge in [-0.15, -0.1) is 0 Å². The highest BCUT2D eigenvalue weighted by molar-refractivity contribution is 7.89. The number of phenolic OH excluding ortho intramolecular Hbond substituents is 1. The van der Waals surface area contributed by atoms with Crippen molar-refractivity contribution in [1.29, 1.82) is 0 Å². The van der Waals surface area contributed by atoms with Crippen LogP contribution in [0.3, 0.4) is 0 Å². The molecule has 2 rings (SSSR count). The summed E-state index contributed by atoms with van der Waals surface area (Å²) in [5.74, 6) is -1.30. The minimum atomic E-state index is -5.29. The molecule has 4 N–H and O–H groups in total. The molecule has 0 spiro atoms. The van der Waals surface area contributed by atoms with E-state index in [4.69, 9.17) is 13.7 Å². The van der Waals surface area contributed by atoms with Gasteiger partial charge in [-0.25, -0.2) is 0 Å². The second kappa shape index (κ2) is 5.12. The molecule has 0 aliphatic heterocycles. The minimum absolute atomic E-state index is 0.171. The summed E-state index contributed by atoms with van der Waals surface area (Å²) < 4.78 is 94.3. The summed E-state index contributed by atoms with van der Waals surface area (Å²) in [6, 6.07) is 3.10. The van der Waals surface area contributed by atoms with E-state index < -0.39 is 56.2 Å². The molecule has 126 valence electrons. The van der Waals surface area contributed by atoms with Gasteiger partial charge in [0.15, 0.2) is 4.90 Å². The van der Waals surface area contributed by atoms with E-state index in [1.165, 1.54) is 0 Å². The zero-order valence-electron chi connectivity index (χ0n) is 10.8. The molecule has 0 heterocycles. The number of hydrogen-bond donors (Lipinski definition) is 4. The van der Waals surface area contributed by atoms with Crippen molar-refractivity contribution >= 4 is 41.1 Å². The van der Waals surface area contributed by atoms with Gasteiger partial charge in [-0.1, -0.05) is 6.07 Å². The molecule has 0 bridgehead atoms. The van der Waals surface area contributed by atoms with Gasteiger partial charge in [0.1, 0.15) is 10.6 Å². The average Bonchev–Trinajstić information content (AvgIpc) is 2.34. The number of phenols is 1. The molecule has 0 aromatic heterocycles. The van der Waals surface area contributed by atoms with Crippen LogP contribution in [0.15, 0.2) is 39.0 Å². The van der Waals surface area contributed by atoms with Crippen molar-refractivity contribution in [2.75, 3.05) is 0 Å². The molecule has 10 nitrogen and oxygen atoms in total. The lowest BCUT2D eigenvalue weighted by atomic mass is 10.1. The standard InChI is InChI=1S/C10H8O10S3/c11-9-7-4-6(21(12,13)14)2-1-5(7)3-8(22(15,16)17)10(9)23(18,19)20/h1-4,11H,(H,12,13,14)(H,15,16,17)(H,18,19,20). The van der Waals surface area contributed by atoms with Crippen molar-refractivity contribution in [3.63, 3.8) is 0 Å². The molecule has 0 fully saturated rings. The highest BCUT2D eigenvalue weighted by atomic mass is 32.2. The third kappa shape index (κ3) is 3.29. The molecule has 0 radical (unpaired) electrons. The Morgan fingerprint density at radius 2 is 1.30 bits per heavy atom. The Morgan fingerprint density at radius 1 is 0.739 bits per heavy atom. The van der Waals surface area contributed by atoms with Gasteiger partial charge >= 0.3 is 0 Å². The van der Waals surface area contributed by atoms with Crippen LogP contribution < -0.4 is 0 Å². The van der Waals surface area contributed by atoms with Crippen molar-refractivity contribution in [2.45, 2.75) is 14.7 Å². The second-order valence-electron chi connectivity index (χ2n) is 4.36. The van der Waals surface area contributed by atoms with E-state index in [1.54, 1.807) is 0 Å². The molecule has 0 saturated carbocycles. The minimum Gasteiger partial charge on any atom is -0.506 e. The second-order valence-corrected chi connectivity index (χ2v) is 8.53. The average molecular weight is 384 g/mol. The lowest BCUT2D eigenvalue weighted by Crippen LogP contribution is -2.09. The Morgan fingerprint density at radius 3 is 1.74 bits per heavy atom. The van der Waals surface area contributed by atoms with Crippen LogP contribution in [0.2, 0.25) is 0 Å². The van der Waals surface area contributed by atoms with E-state index in [-0.39, 0.29) is 5.39 Å². The van der Waals surface area contributed by atoms with Crippen molar-refractivity contribution in [3.05, 3.63) is 24.3 Å². The molecule has 0 aliphatic rings. The van der Waals surface area contributed by atoms with Crippen LogP contribution >= 0.6 is 0 Å². The number of fused-ring (bicyclic) bond motifs is 1. The van der Waals surface area contributed by atoms with Crippen LogP contribution in [0, 0.1) is 0 Å². The van der Waals surface area contributed by atoms with E-state index in [0.29, 0.717) is 12.1 Å². The smallest absolute Gasteiger partial charge is 0.299 e. The van der Waals surface area contributed by atoms with Crippen LogP contribution in [-0.2, 0) is 30.4 Å². The van der Waals surface area contributed by atoms with Gasteiger partial charge in [-0.2, -0.15) is 25.3 Å². The Balaban J connectivity index is 3.10. The molecule has 0 saturated heterocycles. The van der Waals surface area contributed by atoms with Gasteiger partial charge < -0.3 is 5.11 Å². The molecule has 23 heavy (non-hydrogen) atoms. The molecular formula is C10H8O10S3. The fourth-order valence-corrected chi connectivity index (χ4v) is 4.33. The predicted molar refractivity (Wildman–Crippen MR) is 75.1 cm³/mol. The zero-order valence-corrected chi connectivity index (χ0v) is 13.2. The first-order valence-corrected chi connectivity index (χ1v) is 9.77. The van der Waals surface area contributed by atoms with Crippen LogP contribution in [0.5, 0.6) is 5.75 Å². The highest BCUT2D eigenvalue weighted by Gasteiger charge is 2.30. The number of aromatic hydroxyl groups is 1. The normalized spacial score (nSPS) is 13.3. The highest BCUT2D eigenvalue weighted by Crippen LogP contribution is 2.38. The van der Waals surface area contributed by atoms with E-state index in [2.05, 4.69) is 0 Å². The van der Waals surface area contributed by atoms with E-state index in [0.717, 1.165) is 12.1 Å². The maximum atomic E-state index is 11.3. The van der Waals surface area contributed by atoms with Crippen LogP contribution in [0.25, 0.3) is 10.8 Å². The molecule has 13 heteroatoms. The number of hydrogen-bond acceptors (Lipinski definition) is 7. The summed E-state index contributed by atoms with van der Waals surface area (Å²) in [6.07, 6.45) is 0. The first kappa shape index (κ1) is 17.6. The SMILES string of the molecule is O=S(=O)(O)c1ccc2cc(S(=O)(=O)O)c(S(=O)(=O)O)c(O)c2c1. The molecule has 0 amide bonds. The maximum absolute atomic E-state index is 11.3. The van der Waals surface area contributed by atoms with Gasteiger partial charge in [0.2, 0.25) is 0 Å². The third-order valence-electron chi connectivity index (χ3n) is 2.84. The van der Waals surface area contributed by atoms with Crippen molar-refractivity contribution < 1.29 is 44.0 Å². The summed E-state index contributed by atoms with van der Waals surface area (Å²) in [5, 5.41) is 9.27.